The van der Waals surface area contributed by atoms with Crippen LogP contribution in [0.1, 0.15) is 52.1 Å². The van der Waals surface area contributed by atoms with Crippen molar-refractivity contribution in [3.05, 3.63) is 30.1 Å². The van der Waals surface area contributed by atoms with E-state index in [1.165, 1.54) is 5.69 Å². The Bertz CT molecular complexity index is 538. The smallest absolute Gasteiger partial charge is 0.265 e. The van der Waals surface area contributed by atoms with Crippen LogP contribution in [-0.4, -0.2) is 18.7 Å². The van der Waals surface area contributed by atoms with E-state index in [-0.39, 0.29) is 5.75 Å². The largest absolute Gasteiger partial charge is 0.286 e. The molecule has 0 radical (unpaired) electrons. The third kappa shape index (κ3) is 6.57. The lowest BCUT2D eigenvalue weighted by Crippen LogP contribution is -2.41. The quantitative estimate of drug-likeness (QED) is 0.592. The molecule has 1 N–H and O–H groups in total. The molecular weight excluding hydrogens is 286 g/mol. The lowest BCUT2D eigenvalue weighted by atomic mass is 9.84. The summed E-state index contributed by atoms with van der Waals surface area (Å²) >= 11 is 0. The van der Waals surface area contributed by atoms with Crippen LogP contribution in [0.3, 0.4) is 0 Å². The van der Waals surface area contributed by atoms with Crippen molar-refractivity contribution in [3.63, 3.8) is 0 Å². The van der Waals surface area contributed by atoms with Gasteiger partial charge in [0.2, 0.25) is 0 Å². The third-order valence-electron chi connectivity index (χ3n) is 3.69. The molecule has 1 atom stereocenters. The molecule has 0 amide bonds. The summed E-state index contributed by atoms with van der Waals surface area (Å²) in [5.74, 6) is 1.41. The molecule has 0 bridgehead atoms. The molecule has 1 unspecified atom stereocenters. The van der Waals surface area contributed by atoms with Crippen molar-refractivity contribution in [1.29, 1.82) is 0 Å². The van der Waals surface area contributed by atoms with Gasteiger partial charge in [-0.25, -0.2) is 4.57 Å². The average Bonchev–Trinajstić information content (AvgIpc) is 2.35. The normalized spacial score (nSPS) is 13.9. The zero-order chi connectivity index (χ0) is 16.0. The topological polar surface area (TPSA) is 58.2 Å². The highest BCUT2D eigenvalue weighted by atomic mass is 32.2. The average molecular weight is 314 g/mol. The Morgan fingerprint density at radius 3 is 2.38 bits per heavy atom. The van der Waals surface area contributed by atoms with E-state index in [1.54, 1.807) is 0 Å². The maximum absolute atomic E-state index is 10.8. The van der Waals surface area contributed by atoms with Crippen LogP contribution in [0.5, 0.6) is 0 Å². The predicted molar refractivity (Wildman–Crippen MR) is 84.7 cm³/mol. The fourth-order valence-electron chi connectivity index (χ4n) is 2.69. The first-order chi connectivity index (χ1) is 9.70. The lowest BCUT2D eigenvalue weighted by molar-refractivity contribution is -0.705. The van der Waals surface area contributed by atoms with Crippen LogP contribution >= 0.6 is 0 Å². The molecule has 5 heteroatoms. The summed E-state index contributed by atoms with van der Waals surface area (Å²) in [6.45, 7) is 9.50. The van der Waals surface area contributed by atoms with E-state index >= 15 is 0 Å². The van der Waals surface area contributed by atoms with Crippen molar-refractivity contribution in [2.45, 2.75) is 53.0 Å². The van der Waals surface area contributed by atoms with Crippen LogP contribution < -0.4 is 4.57 Å². The summed E-state index contributed by atoms with van der Waals surface area (Å²) in [5, 5.41) is 0. The van der Waals surface area contributed by atoms with Gasteiger partial charge in [0.25, 0.3) is 10.1 Å². The Balaban J connectivity index is 2.90. The Kier molecular flexibility index (Phi) is 6.81. The van der Waals surface area contributed by atoms with Gasteiger partial charge in [0.1, 0.15) is 6.54 Å². The maximum atomic E-state index is 10.8. The summed E-state index contributed by atoms with van der Waals surface area (Å²) < 4.78 is 32.6. The molecule has 0 aromatic carbocycles. The van der Waals surface area contributed by atoms with Gasteiger partial charge in [-0.2, -0.15) is 8.42 Å². The van der Waals surface area contributed by atoms with Crippen molar-refractivity contribution < 1.29 is 17.5 Å². The number of hydrogen-bond acceptors (Lipinski definition) is 2. The van der Waals surface area contributed by atoms with Gasteiger partial charge < -0.3 is 0 Å². The molecule has 0 aliphatic carbocycles. The fraction of sp³-hybridized carbons (Fsp3) is 0.688. The van der Waals surface area contributed by atoms with E-state index in [2.05, 4.69) is 38.3 Å². The van der Waals surface area contributed by atoms with E-state index < -0.39 is 10.1 Å². The molecule has 0 saturated heterocycles. The third-order valence-corrected chi connectivity index (χ3v) is 4.49. The van der Waals surface area contributed by atoms with Crippen LogP contribution in [0.4, 0.5) is 0 Å². The molecule has 4 nitrogen and oxygen atoms in total. The Morgan fingerprint density at radius 2 is 1.86 bits per heavy atom. The minimum absolute atomic E-state index is 0.190. The van der Waals surface area contributed by atoms with Crippen molar-refractivity contribution in [2.24, 2.45) is 11.8 Å². The van der Waals surface area contributed by atoms with Crippen LogP contribution in [0.25, 0.3) is 0 Å². The number of rotatable bonds is 8. The van der Waals surface area contributed by atoms with Crippen molar-refractivity contribution >= 4 is 10.1 Å². The molecular formula is C16H28NO3S+. The SMILES string of the molecule is CC(C)CC(c1cccc[n+]1CCCS(=O)(=O)O)C(C)C. The number of aryl methyl sites for hydroxylation is 1. The van der Waals surface area contributed by atoms with Gasteiger partial charge >= 0.3 is 0 Å². The second-order valence-electron chi connectivity index (χ2n) is 6.44. The molecule has 21 heavy (non-hydrogen) atoms. The summed E-state index contributed by atoms with van der Waals surface area (Å²) in [6, 6.07) is 6.12. The van der Waals surface area contributed by atoms with Gasteiger partial charge in [0, 0.05) is 24.5 Å². The summed E-state index contributed by atoms with van der Waals surface area (Å²) in [5.41, 5.74) is 1.25. The molecule has 0 saturated carbocycles. The van der Waals surface area contributed by atoms with Gasteiger partial charge in [-0.3, -0.25) is 4.55 Å². The van der Waals surface area contributed by atoms with Gasteiger partial charge in [0.05, 0.1) is 5.75 Å². The highest BCUT2D eigenvalue weighted by Gasteiger charge is 2.25. The fourth-order valence-corrected chi connectivity index (χ4v) is 3.18. The van der Waals surface area contributed by atoms with Gasteiger partial charge in [0.15, 0.2) is 11.9 Å². The zero-order valence-corrected chi connectivity index (χ0v) is 14.3. The summed E-state index contributed by atoms with van der Waals surface area (Å²) in [4.78, 5) is 0. The van der Waals surface area contributed by atoms with E-state index in [1.807, 2.05) is 18.3 Å². The number of nitrogens with zero attached hydrogens (tertiary/aromatic N) is 1. The van der Waals surface area contributed by atoms with Crippen molar-refractivity contribution in [1.82, 2.24) is 0 Å². The van der Waals surface area contributed by atoms with Gasteiger partial charge in [-0.05, 0) is 18.3 Å². The first-order valence-electron chi connectivity index (χ1n) is 7.64. The van der Waals surface area contributed by atoms with E-state index in [9.17, 15) is 8.42 Å². The monoisotopic (exact) mass is 314 g/mol. The van der Waals surface area contributed by atoms with E-state index in [0.717, 1.165) is 6.42 Å². The number of hydrogen-bond donors (Lipinski definition) is 1. The number of pyridine rings is 1. The molecule has 0 spiro atoms. The first-order valence-corrected chi connectivity index (χ1v) is 9.25. The van der Waals surface area contributed by atoms with Crippen LogP contribution in [0.15, 0.2) is 24.4 Å². The molecule has 1 aromatic heterocycles. The molecule has 0 aliphatic heterocycles. The highest BCUT2D eigenvalue weighted by Crippen LogP contribution is 2.28. The first kappa shape index (κ1) is 18.1. The van der Waals surface area contributed by atoms with Crippen molar-refractivity contribution in [2.75, 3.05) is 5.75 Å². The molecule has 1 aromatic rings. The second kappa shape index (κ2) is 7.90. The summed E-state index contributed by atoms with van der Waals surface area (Å²) in [7, 11) is -3.88. The molecule has 1 heterocycles. The Morgan fingerprint density at radius 1 is 1.19 bits per heavy atom. The number of aromatic nitrogens is 1. The molecule has 120 valence electrons. The minimum atomic E-state index is -3.88. The predicted octanol–water partition coefficient (Wildman–Crippen LogP) is 3.04. The second-order valence-corrected chi connectivity index (χ2v) is 8.01. The molecule has 0 aliphatic rings. The standard InChI is InChI=1S/C16H27NO3S/c1-13(2)12-15(14(3)4)16-8-5-6-9-17(16)10-7-11-21(18,19)20/h5-6,8-9,13-15H,7,10-12H2,1-4H3/p+1. The van der Waals surface area contributed by atoms with E-state index in [0.29, 0.717) is 30.7 Å². The van der Waals surface area contributed by atoms with Gasteiger partial charge in [-0.15, -0.1) is 0 Å². The Hall–Kier alpha value is -0.940. The molecule has 0 fully saturated rings. The van der Waals surface area contributed by atoms with Crippen LogP contribution in [0.2, 0.25) is 0 Å². The van der Waals surface area contributed by atoms with Gasteiger partial charge in [-0.1, -0.05) is 33.8 Å². The van der Waals surface area contributed by atoms with Crippen LogP contribution in [-0.2, 0) is 16.7 Å². The maximum Gasteiger partial charge on any atom is 0.265 e. The minimum Gasteiger partial charge on any atom is -0.286 e. The highest BCUT2D eigenvalue weighted by molar-refractivity contribution is 7.85. The van der Waals surface area contributed by atoms with Crippen LogP contribution in [0, 0.1) is 11.8 Å². The lowest BCUT2D eigenvalue weighted by Gasteiger charge is -2.21. The Labute approximate surface area is 129 Å². The summed E-state index contributed by atoms with van der Waals surface area (Å²) in [6.07, 6.45) is 3.53. The van der Waals surface area contributed by atoms with Crippen molar-refractivity contribution in [3.8, 4) is 0 Å². The van der Waals surface area contributed by atoms with E-state index in [4.69, 9.17) is 4.55 Å². The zero-order valence-electron chi connectivity index (χ0n) is 13.5. The molecule has 1 rings (SSSR count).